The molecule has 25 heavy (non-hydrogen) atoms. The van der Waals surface area contributed by atoms with Crippen molar-refractivity contribution < 1.29 is 13.2 Å². The monoisotopic (exact) mass is 365 g/mol. The first-order chi connectivity index (χ1) is 12.0. The molecule has 5 heteroatoms. The Morgan fingerprint density at radius 1 is 0.920 bits per heavy atom. The number of rotatable bonds is 6. The van der Waals surface area contributed by atoms with Crippen molar-refractivity contribution >= 4 is 11.8 Å². The lowest BCUT2D eigenvalue weighted by molar-refractivity contribution is -0.216. The van der Waals surface area contributed by atoms with Gasteiger partial charge in [0.1, 0.15) is 5.54 Å². The van der Waals surface area contributed by atoms with E-state index < -0.39 is 11.7 Å². The van der Waals surface area contributed by atoms with Gasteiger partial charge >= 0.3 is 6.18 Å². The van der Waals surface area contributed by atoms with Gasteiger partial charge in [0, 0.05) is 18.1 Å². The summed E-state index contributed by atoms with van der Waals surface area (Å²) in [7, 11) is 0. The van der Waals surface area contributed by atoms with Crippen LogP contribution in [-0.2, 0) is 12.3 Å². The average molecular weight is 365 g/mol. The van der Waals surface area contributed by atoms with Crippen LogP contribution < -0.4 is 0 Å². The molecular formula is C20H22F3NS. The van der Waals surface area contributed by atoms with E-state index in [9.17, 15) is 13.2 Å². The fourth-order valence-electron chi connectivity index (χ4n) is 3.45. The number of alkyl halides is 3. The van der Waals surface area contributed by atoms with E-state index in [0.29, 0.717) is 25.3 Å². The number of hydrogen-bond acceptors (Lipinski definition) is 2. The summed E-state index contributed by atoms with van der Waals surface area (Å²) in [5.74, 6) is 0.691. The molecule has 0 N–H and O–H groups in total. The molecule has 0 spiro atoms. The Balaban J connectivity index is 1.73. The molecule has 0 radical (unpaired) electrons. The standard InChI is InChI=1S/C20H22F3NS/c21-20(22,23)19(16-25-15-18-10-5-2-6-11-18)12-7-13-24(19)14-17-8-3-1-4-9-17/h1-6,8-11H,7,12-16H2. The third kappa shape index (κ3) is 4.21. The van der Waals surface area contributed by atoms with Crippen LogP contribution in [-0.4, -0.2) is 28.9 Å². The Bertz CT molecular complexity index is 660. The first-order valence-electron chi connectivity index (χ1n) is 8.49. The Hall–Kier alpha value is -1.46. The van der Waals surface area contributed by atoms with Crippen molar-refractivity contribution in [2.75, 3.05) is 12.3 Å². The maximum absolute atomic E-state index is 14.0. The SMILES string of the molecule is FC(F)(F)C1(CSCc2ccccc2)CCCN1Cc1ccccc1. The zero-order chi connectivity index (χ0) is 17.8. The van der Waals surface area contributed by atoms with E-state index in [2.05, 4.69) is 0 Å². The maximum atomic E-state index is 14.0. The molecule has 2 aromatic rings. The van der Waals surface area contributed by atoms with Crippen molar-refractivity contribution in [2.45, 2.75) is 36.9 Å². The van der Waals surface area contributed by atoms with Crippen LogP contribution in [0.25, 0.3) is 0 Å². The van der Waals surface area contributed by atoms with Gasteiger partial charge in [0.05, 0.1) is 0 Å². The highest BCUT2D eigenvalue weighted by molar-refractivity contribution is 7.98. The van der Waals surface area contributed by atoms with Gasteiger partial charge in [0.15, 0.2) is 0 Å². The van der Waals surface area contributed by atoms with Gasteiger partial charge in [0.2, 0.25) is 0 Å². The van der Waals surface area contributed by atoms with Gasteiger partial charge in [-0.3, -0.25) is 4.90 Å². The van der Waals surface area contributed by atoms with E-state index in [1.807, 2.05) is 60.7 Å². The second-order valence-corrected chi connectivity index (χ2v) is 7.50. The summed E-state index contributed by atoms with van der Waals surface area (Å²) in [5, 5.41) is 0. The van der Waals surface area contributed by atoms with Crippen molar-refractivity contribution in [1.82, 2.24) is 4.90 Å². The molecule has 3 rings (SSSR count). The van der Waals surface area contributed by atoms with Crippen LogP contribution in [0, 0.1) is 0 Å². The first kappa shape index (κ1) is 18.3. The van der Waals surface area contributed by atoms with Crippen LogP contribution in [0.5, 0.6) is 0 Å². The minimum atomic E-state index is -4.22. The van der Waals surface area contributed by atoms with E-state index in [4.69, 9.17) is 0 Å². The van der Waals surface area contributed by atoms with Crippen LogP contribution in [0.15, 0.2) is 60.7 Å². The smallest absolute Gasteiger partial charge is 0.285 e. The third-order valence-corrected chi connectivity index (χ3v) is 6.04. The highest BCUT2D eigenvalue weighted by Crippen LogP contribution is 2.46. The molecule has 0 bridgehead atoms. The second kappa shape index (κ2) is 7.83. The Labute approximate surface area is 151 Å². The number of hydrogen-bond donors (Lipinski definition) is 0. The fourth-order valence-corrected chi connectivity index (χ4v) is 4.81. The Morgan fingerprint density at radius 2 is 1.52 bits per heavy atom. The van der Waals surface area contributed by atoms with Crippen LogP contribution in [0.1, 0.15) is 24.0 Å². The lowest BCUT2D eigenvalue weighted by atomic mass is 9.97. The highest BCUT2D eigenvalue weighted by Gasteiger charge is 2.59. The molecule has 1 unspecified atom stereocenters. The molecule has 1 fully saturated rings. The minimum absolute atomic E-state index is 0.0816. The highest BCUT2D eigenvalue weighted by atomic mass is 32.2. The summed E-state index contributed by atoms with van der Waals surface area (Å²) in [6.45, 7) is 0.854. The van der Waals surface area contributed by atoms with Gasteiger partial charge in [0.25, 0.3) is 0 Å². The van der Waals surface area contributed by atoms with E-state index in [1.165, 1.54) is 11.8 Å². The van der Waals surface area contributed by atoms with Crippen LogP contribution >= 0.6 is 11.8 Å². The Kier molecular flexibility index (Phi) is 5.74. The van der Waals surface area contributed by atoms with Crippen molar-refractivity contribution in [2.24, 2.45) is 0 Å². The zero-order valence-electron chi connectivity index (χ0n) is 14.0. The van der Waals surface area contributed by atoms with Crippen LogP contribution in [0.2, 0.25) is 0 Å². The van der Waals surface area contributed by atoms with E-state index in [1.54, 1.807) is 4.90 Å². The molecule has 1 saturated heterocycles. The number of benzene rings is 2. The number of thioether (sulfide) groups is 1. The summed E-state index contributed by atoms with van der Waals surface area (Å²) in [4.78, 5) is 1.64. The second-order valence-electron chi connectivity index (χ2n) is 6.52. The van der Waals surface area contributed by atoms with Crippen molar-refractivity contribution in [3.8, 4) is 0 Å². The molecule has 0 aromatic heterocycles. The summed E-state index contributed by atoms with van der Waals surface area (Å²) in [5.41, 5.74) is 0.283. The topological polar surface area (TPSA) is 3.24 Å². The van der Waals surface area contributed by atoms with Crippen molar-refractivity contribution in [3.05, 3.63) is 71.8 Å². The van der Waals surface area contributed by atoms with Crippen LogP contribution in [0.3, 0.4) is 0 Å². The third-order valence-electron chi connectivity index (χ3n) is 4.82. The average Bonchev–Trinajstić information content (AvgIpc) is 3.00. The molecule has 1 heterocycles. The van der Waals surface area contributed by atoms with Crippen molar-refractivity contribution in [1.29, 1.82) is 0 Å². The number of halogens is 3. The summed E-state index contributed by atoms with van der Waals surface area (Å²) < 4.78 is 42.1. The van der Waals surface area contributed by atoms with Gasteiger partial charge in [-0.2, -0.15) is 24.9 Å². The number of nitrogens with zero attached hydrogens (tertiary/aromatic N) is 1. The molecule has 1 nitrogen and oxygen atoms in total. The van der Waals surface area contributed by atoms with Gasteiger partial charge in [-0.15, -0.1) is 0 Å². The molecule has 0 aliphatic carbocycles. The van der Waals surface area contributed by atoms with Crippen molar-refractivity contribution in [3.63, 3.8) is 0 Å². The van der Waals surface area contributed by atoms with Gasteiger partial charge < -0.3 is 0 Å². The zero-order valence-corrected chi connectivity index (χ0v) is 14.8. The fraction of sp³-hybridized carbons (Fsp3) is 0.400. The molecule has 134 valence electrons. The largest absolute Gasteiger partial charge is 0.407 e. The predicted octanol–water partition coefficient (Wildman–Crippen LogP) is 5.52. The van der Waals surface area contributed by atoms with E-state index in [-0.39, 0.29) is 12.2 Å². The minimum Gasteiger partial charge on any atom is -0.285 e. The molecule has 1 atom stereocenters. The van der Waals surface area contributed by atoms with Gasteiger partial charge in [-0.1, -0.05) is 60.7 Å². The quantitative estimate of drug-likeness (QED) is 0.663. The molecule has 1 aliphatic heterocycles. The molecule has 2 aromatic carbocycles. The molecule has 0 saturated carbocycles. The van der Waals surface area contributed by atoms with E-state index >= 15 is 0 Å². The number of likely N-dealkylation sites (tertiary alicyclic amines) is 1. The van der Waals surface area contributed by atoms with Gasteiger partial charge in [-0.25, -0.2) is 0 Å². The first-order valence-corrected chi connectivity index (χ1v) is 9.64. The summed E-state index contributed by atoms with van der Waals surface area (Å²) >= 11 is 1.38. The maximum Gasteiger partial charge on any atom is 0.407 e. The van der Waals surface area contributed by atoms with E-state index in [0.717, 1.165) is 11.1 Å². The normalized spacial score (nSPS) is 21.6. The molecule has 0 amide bonds. The van der Waals surface area contributed by atoms with Crippen LogP contribution in [0.4, 0.5) is 13.2 Å². The van der Waals surface area contributed by atoms with Gasteiger partial charge in [-0.05, 0) is 30.5 Å². The summed E-state index contributed by atoms with van der Waals surface area (Å²) in [6, 6.07) is 19.1. The lowest BCUT2D eigenvalue weighted by Gasteiger charge is -2.40. The Morgan fingerprint density at radius 3 is 2.12 bits per heavy atom. The molecule has 1 aliphatic rings. The lowest BCUT2D eigenvalue weighted by Crippen LogP contribution is -2.56. The summed E-state index contributed by atoms with van der Waals surface area (Å²) in [6.07, 6.45) is -3.44. The molecular weight excluding hydrogens is 343 g/mol. The predicted molar refractivity (Wildman–Crippen MR) is 97.5 cm³/mol.